The van der Waals surface area contributed by atoms with E-state index in [1.54, 1.807) is 12.1 Å². The van der Waals surface area contributed by atoms with Gasteiger partial charge in [-0.15, -0.1) is 0 Å². The van der Waals surface area contributed by atoms with E-state index in [-0.39, 0.29) is 24.1 Å². The van der Waals surface area contributed by atoms with E-state index in [1.165, 1.54) is 0 Å². The molecule has 172 valence electrons. The second kappa shape index (κ2) is 10.9. The van der Waals surface area contributed by atoms with Crippen molar-refractivity contribution in [3.63, 3.8) is 0 Å². The summed E-state index contributed by atoms with van der Waals surface area (Å²) in [5.41, 5.74) is 5.04. The van der Waals surface area contributed by atoms with Crippen LogP contribution in [0.25, 0.3) is 0 Å². The molecule has 3 aromatic rings. The third-order valence-electron chi connectivity index (χ3n) is 5.33. The minimum Gasteiger partial charge on any atom is -0.457 e. The molecule has 0 amide bonds. The number of carbonyl (C=O) groups excluding carboxylic acids is 2. The lowest BCUT2D eigenvalue weighted by Gasteiger charge is -2.22. The Kier molecular flexibility index (Phi) is 8.01. The summed E-state index contributed by atoms with van der Waals surface area (Å²) in [5, 5.41) is 2.15. The summed E-state index contributed by atoms with van der Waals surface area (Å²) in [4.78, 5) is 24.5. The number of benzene rings is 3. The number of ether oxygens (including phenoxy) is 2. The molecule has 3 aromatic carbocycles. The molecule has 0 fully saturated rings. The molecule has 0 heterocycles. The van der Waals surface area contributed by atoms with Crippen LogP contribution in [-0.4, -0.2) is 24.1 Å². The van der Waals surface area contributed by atoms with Gasteiger partial charge in [0.15, 0.2) is 0 Å². The normalized spacial score (nSPS) is 11.2. The summed E-state index contributed by atoms with van der Waals surface area (Å²) in [5.74, 6) is -0.622. The summed E-state index contributed by atoms with van der Waals surface area (Å²) >= 11 is 0. The summed E-state index contributed by atoms with van der Waals surface area (Å²) in [6.07, 6.45) is 0. The molecule has 5 heteroatoms. The van der Waals surface area contributed by atoms with Crippen LogP contribution in [0.4, 0.5) is 0 Å². The van der Waals surface area contributed by atoms with Gasteiger partial charge in [-0.2, -0.15) is 0 Å². The first-order chi connectivity index (χ1) is 15.7. The van der Waals surface area contributed by atoms with Crippen molar-refractivity contribution in [2.75, 3.05) is 6.61 Å². The van der Waals surface area contributed by atoms with Crippen LogP contribution in [0.1, 0.15) is 56.8 Å². The predicted molar refractivity (Wildman–Crippen MR) is 128 cm³/mol. The van der Waals surface area contributed by atoms with E-state index in [1.807, 2.05) is 88.4 Å². The van der Waals surface area contributed by atoms with Crippen LogP contribution >= 0.6 is 0 Å². The zero-order chi connectivity index (χ0) is 23.8. The highest BCUT2D eigenvalue weighted by molar-refractivity contribution is 5.90. The smallest absolute Gasteiger partial charge is 0.338 e. The molecule has 0 radical (unpaired) electrons. The first-order valence-electron chi connectivity index (χ1n) is 11.1. The topological polar surface area (TPSA) is 69.2 Å². The fourth-order valence-corrected chi connectivity index (χ4v) is 3.46. The average molecular weight is 447 g/mol. The lowest BCUT2D eigenvalue weighted by atomic mass is 10.1. The summed E-state index contributed by atoms with van der Waals surface area (Å²) in [6, 6.07) is 22.7. The maximum atomic E-state index is 12.3. The summed E-state index contributed by atoms with van der Waals surface area (Å²) in [7, 11) is 0. The van der Waals surface area contributed by atoms with Crippen molar-refractivity contribution in [1.82, 2.24) is 0 Å². The second-order valence-electron chi connectivity index (χ2n) is 9.11. The van der Waals surface area contributed by atoms with Crippen LogP contribution in [0, 0.1) is 13.8 Å². The number of carbonyl (C=O) groups is 2. The van der Waals surface area contributed by atoms with Crippen molar-refractivity contribution >= 4 is 11.9 Å². The van der Waals surface area contributed by atoms with Crippen LogP contribution < -0.4 is 5.32 Å². The monoisotopic (exact) mass is 446 g/mol. The van der Waals surface area contributed by atoms with Gasteiger partial charge in [0.1, 0.15) is 25.3 Å². The highest BCUT2D eigenvalue weighted by Crippen LogP contribution is 2.12. The molecule has 0 aliphatic rings. The van der Waals surface area contributed by atoms with Crippen LogP contribution in [0.15, 0.2) is 72.8 Å². The molecular weight excluding hydrogens is 414 g/mol. The fraction of sp³-hybridized carbons (Fsp3) is 0.286. The van der Waals surface area contributed by atoms with E-state index in [0.717, 1.165) is 28.8 Å². The largest absolute Gasteiger partial charge is 0.457 e. The molecule has 0 aromatic heterocycles. The Labute approximate surface area is 195 Å². The van der Waals surface area contributed by atoms with Crippen LogP contribution in [-0.2, 0) is 22.6 Å². The van der Waals surface area contributed by atoms with Crippen molar-refractivity contribution in [2.24, 2.45) is 0 Å². The number of hydrogen-bond acceptors (Lipinski definition) is 4. The lowest BCUT2D eigenvalue weighted by Crippen LogP contribution is -2.95. The Morgan fingerprint density at radius 3 is 1.97 bits per heavy atom. The number of aryl methyl sites for hydroxylation is 2. The maximum absolute atomic E-state index is 12.3. The molecule has 5 nitrogen and oxygen atoms in total. The molecule has 3 rings (SSSR count). The van der Waals surface area contributed by atoms with Gasteiger partial charge < -0.3 is 14.8 Å². The Balaban J connectivity index is 1.45. The Morgan fingerprint density at radius 1 is 0.758 bits per heavy atom. The van der Waals surface area contributed by atoms with E-state index >= 15 is 0 Å². The molecular formula is C28H32NO4+. The van der Waals surface area contributed by atoms with E-state index < -0.39 is 0 Å². The van der Waals surface area contributed by atoms with Gasteiger partial charge >= 0.3 is 11.9 Å². The van der Waals surface area contributed by atoms with Gasteiger partial charge in [-0.1, -0.05) is 59.7 Å². The summed E-state index contributed by atoms with van der Waals surface area (Å²) < 4.78 is 11.0. The van der Waals surface area contributed by atoms with Crippen LogP contribution in [0.3, 0.4) is 0 Å². The van der Waals surface area contributed by atoms with Gasteiger partial charge in [0.2, 0.25) is 0 Å². The number of esters is 2. The molecule has 0 unspecified atom stereocenters. The van der Waals surface area contributed by atoms with Crippen LogP contribution in [0.5, 0.6) is 0 Å². The zero-order valence-corrected chi connectivity index (χ0v) is 19.8. The van der Waals surface area contributed by atoms with Crippen LogP contribution in [0.2, 0.25) is 0 Å². The van der Waals surface area contributed by atoms with E-state index in [4.69, 9.17) is 9.47 Å². The molecule has 33 heavy (non-hydrogen) atoms. The molecule has 0 bridgehead atoms. The third kappa shape index (κ3) is 7.58. The zero-order valence-electron chi connectivity index (χ0n) is 19.8. The molecule has 0 aliphatic heterocycles. The fourth-order valence-electron chi connectivity index (χ4n) is 3.46. The standard InChI is InChI=1S/C28H31NO4/c1-20-14-21(2)16-25(15-20)27(31)32-18-23-12-10-22(11-13-23)17-29-28(3,4)19-33-26(30)24-8-6-5-7-9-24/h5-16,29H,17-19H2,1-4H3/p+1. The van der Waals surface area contributed by atoms with Gasteiger partial charge in [0, 0.05) is 5.56 Å². The maximum Gasteiger partial charge on any atom is 0.338 e. The molecule has 0 spiro atoms. The van der Waals surface area contributed by atoms with Gasteiger partial charge in [-0.05, 0) is 57.5 Å². The Morgan fingerprint density at radius 2 is 1.33 bits per heavy atom. The Hall–Kier alpha value is -3.44. The number of rotatable bonds is 9. The van der Waals surface area contributed by atoms with E-state index in [9.17, 15) is 9.59 Å². The summed E-state index contributed by atoms with van der Waals surface area (Å²) in [6.45, 7) is 9.32. The average Bonchev–Trinajstić information content (AvgIpc) is 2.80. The van der Waals surface area contributed by atoms with Gasteiger partial charge in [-0.25, -0.2) is 9.59 Å². The lowest BCUT2D eigenvalue weighted by molar-refractivity contribution is -0.736. The van der Waals surface area contributed by atoms with Gasteiger partial charge in [0.05, 0.1) is 11.1 Å². The Bertz CT molecular complexity index is 1070. The quantitative estimate of drug-likeness (QED) is 0.496. The molecule has 0 atom stereocenters. The highest BCUT2D eigenvalue weighted by atomic mass is 16.5. The SMILES string of the molecule is Cc1cc(C)cc(C(=O)OCc2ccc(C[NH2+]C(C)(C)COC(=O)c3ccccc3)cc2)c1. The van der Waals surface area contributed by atoms with Crippen molar-refractivity contribution in [2.45, 2.75) is 46.4 Å². The highest BCUT2D eigenvalue weighted by Gasteiger charge is 2.24. The van der Waals surface area contributed by atoms with Crippen molar-refractivity contribution in [3.8, 4) is 0 Å². The molecule has 0 saturated carbocycles. The molecule has 0 aliphatic carbocycles. The third-order valence-corrected chi connectivity index (χ3v) is 5.33. The van der Waals surface area contributed by atoms with Gasteiger partial charge in [-0.3, -0.25) is 0 Å². The first kappa shape index (κ1) is 24.2. The number of hydrogen-bond donors (Lipinski definition) is 1. The van der Waals surface area contributed by atoms with Gasteiger partial charge in [0.25, 0.3) is 0 Å². The number of nitrogens with two attached hydrogens (primary N) is 1. The van der Waals surface area contributed by atoms with Crippen molar-refractivity contribution in [1.29, 1.82) is 0 Å². The number of quaternary nitrogens is 1. The van der Waals surface area contributed by atoms with Crippen molar-refractivity contribution < 1.29 is 24.4 Å². The van der Waals surface area contributed by atoms with E-state index in [0.29, 0.717) is 17.7 Å². The molecule has 0 saturated heterocycles. The first-order valence-corrected chi connectivity index (χ1v) is 11.1. The minimum absolute atomic E-state index is 0.233. The minimum atomic E-state index is -0.314. The van der Waals surface area contributed by atoms with E-state index in [2.05, 4.69) is 5.32 Å². The predicted octanol–water partition coefficient (Wildman–Crippen LogP) is 4.36. The molecule has 2 N–H and O–H groups in total. The van der Waals surface area contributed by atoms with Crippen molar-refractivity contribution in [3.05, 3.63) is 106 Å². The second-order valence-corrected chi connectivity index (χ2v) is 9.11.